The van der Waals surface area contributed by atoms with Crippen LogP contribution in [0.25, 0.3) is 5.82 Å². The first-order valence-corrected chi connectivity index (χ1v) is 5.72. The summed E-state index contributed by atoms with van der Waals surface area (Å²) in [7, 11) is 0. The number of nitrogens with zero attached hydrogens (tertiary/aromatic N) is 3. The van der Waals surface area contributed by atoms with Crippen LogP contribution >= 0.6 is 0 Å². The SMILES string of the molecule is O=C(NCC(O)CO)c1ccc(-n2ccnc2)nc1. The minimum absolute atomic E-state index is 0.00138. The summed E-state index contributed by atoms with van der Waals surface area (Å²) in [6.45, 7) is -0.392. The van der Waals surface area contributed by atoms with E-state index < -0.39 is 12.7 Å². The molecule has 19 heavy (non-hydrogen) atoms. The van der Waals surface area contributed by atoms with Gasteiger partial charge in [0, 0.05) is 25.1 Å². The highest BCUT2D eigenvalue weighted by Gasteiger charge is 2.08. The second-order valence-electron chi connectivity index (χ2n) is 3.92. The van der Waals surface area contributed by atoms with E-state index >= 15 is 0 Å². The lowest BCUT2D eigenvalue weighted by molar-refractivity contribution is 0.0801. The molecule has 0 bridgehead atoms. The van der Waals surface area contributed by atoms with Crippen molar-refractivity contribution in [1.82, 2.24) is 19.9 Å². The fourth-order valence-corrected chi connectivity index (χ4v) is 1.44. The zero-order valence-electron chi connectivity index (χ0n) is 10.1. The molecule has 0 aliphatic rings. The Morgan fingerprint density at radius 3 is 2.89 bits per heavy atom. The van der Waals surface area contributed by atoms with Crippen molar-refractivity contribution in [3.63, 3.8) is 0 Å². The van der Waals surface area contributed by atoms with Crippen LogP contribution in [0.2, 0.25) is 0 Å². The van der Waals surface area contributed by atoms with Gasteiger partial charge in [-0.3, -0.25) is 9.36 Å². The summed E-state index contributed by atoms with van der Waals surface area (Å²) in [5.41, 5.74) is 0.383. The molecule has 7 nitrogen and oxygen atoms in total. The van der Waals surface area contributed by atoms with Gasteiger partial charge in [-0.15, -0.1) is 0 Å². The third-order valence-corrected chi connectivity index (χ3v) is 2.49. The highest BCUT2D eigenvalue weighted by molar-refractivity contribution is 5.93. The molecule has 2 heterocycles. The lowest BCUT2D eigenvalue weighted by atomic mass is 10.2. The number of carbonyl (C=O) groups excluding carboxylic acids is 1. The topological polar surface area (TPSA) is 100 Å². The predicted octanol–water partition coefficient (Wildman–Crippen LogP) is -0.650. The molecular formula is C12H14N4O3. The lowest BCUT2D eigenvalue weighted by Crippen LogP contribution is -2.33. The summed E-state index contributed by atoms with van der Waals surface area (Å²) < 4.78 is 1.72. The first-order valence-electron chi connectivity index (χ1n) is 5.72. The Hall–Kier alpha value is -2.25. The van der Waals surface area contributed by atoms with Gasteiger partial charge in [-0.2, -0.15) is 0 Å². The maximum Gasteiger partial charge on any atom is 0.252 e. The Morgan fingerprint density at radius 1 is 1.47 bits per heavy atom. The summed E-state index contributed by atoms with van der Waals surface area (Å²) in [5, 5.41) is 20.3. The molecule has 1 unspecified atom stereocenters. The molecule has 2 aromatic rings. The number of hydrogen-bond acceptors (Lipinski definition) is 5. The number of hydrogen-bond donors (Lipinski definition) is 3. The summed E-state index contributed by atoms with van der Waals surface area (Å²) in [6, 6.07) is 3.32. The van der Waals surface area contributed by atoms with E-state index in [0.717, 1.165) is 0 Å². The number of imidazole rings is 1. The number of aliphatic hydroxyl groups excluding tert-OH is 2. The van der Waals surface area contributed by atoms with E-state index in [1.54, 1.807) is 35.4 Å². The summed E-state index contributed by atoms with van der Waals surface area (Å²) in [5.74, 6) is 0.307. The molecule has 3 N–H and O–H groups in total. The van der Waals surface area contributed by atoms with Gasteiger partial charge < -0.3 is 15.5 Å². The van der Waals surface area contributed by atoms with Crippen molar-refractivity contribution in [3.05, 3.63) is 42.6 Å². The molecule has 0 radical (unpaired) electrons. The first-order chi connectivity index (χ1) is 9.20. The van der Waals surface area contributed by atoms with Crippen LogP contribution in [0.4, 0.5) is 0 Å². The standard InChI is InChI=1S/C12H14N4O3/c17-7-10(18)6-15-12(19)9-1-2-11(14-5-9)16-4-3-13-8-16/h1-5,8,10,17-18H,6-7H2,(H,15,19). The molecule has 0 fully saturated rings. The second-order valence-corrected chi connectivity index (χ2v) is 3.92. The zero-order valence-corrected chi connectivity index (χ0v) is 10.1. The van der Waals surface area contributed by atoms with E-state index in [2.05, 4.69) is 15.3 Å². The average Bonchev–Trinajstić information content (AvgIpc) is 2.98. The van der Waals surface area contributed by atoms with Crippen LogP contribution in [-0.2, 0) is 0 Å². The number of nitrogens with one attached hydrogen (secondary N) is 1. The van der Waals surface area contributed by atoms with Crippen molar-refractivity contribution in [2.75, 3.05) is 13.2 Å². The van der Waals surface area contributed by atoms with E-state index in [1.807, 2.05) is 0 Å². The van der Waals surface area contributed by atoms with Gasteiger partial charge in [-0.1, -0.05) is 0 Å². The molecule has 0 aromatic carbocycles. The number of aromatic nitrogens is 3. The summed E-state index contributed by atoms with van der Waals surface area (Å²) in [6.07, 6.45) is 5.48. The third-order valence-electron chi connectivity index (χ3n) is 2.49. The molecule has 0 aliphatic heterocycles. The summed E-state index contributed by atoms with van der Waals surface area (Å²) >= 11 is 0. The van der Waals surface area contributed by atoms with Crippen molar-refractivity contribution in [2.24, 2.45) is 0 Å². The number of amides is 1. The molecule has 0 aliphatic carbocycles. The molecule has 0 saturated carbocycles. The lowest BCUT2D eigenvalue weighted by Gasteiger charge is -2.09. The maximum atomic E-state index is 11.7. The van der Waals surface area contributed by atoms with Crippen molar-refractivity contribution >= 4 is 5.91 Å². The van der Waals surface area contributed by atoms with E-state index in [0.29, 0.717) is 11.4 Å². The quantitative estimate of drug-likeness (QED) is 0.665. The number of pyridine rings is 1. The maximum absolute atomic E-state index is 11.7. The van der Waals surface area contributed by atoms with E-state index in [4.69, 9.17) is 10.2 Å². The van der Waals surface area contributed by atoms with Crippen LogP contribution in [0.15, 0.2) is 37.1 Å². The average molecular weight is 262 g/mol. The van der Waals surface area contributed by atoms with Gasteiger partial charge in [0.2, 0.25) is 0 Å². The van der Waals surface area contributed by atoms with E-state index in [9.17, 15) is 4.79 Å². The fraction of sp³-hybridized carbons (Fsp3) is 0.250. The number of aliphatic hydroxyl groups is 2. The van der Waals surface area contributed by atoms with E-state index in [1.165, 1.54) is 6.20 Å². The Balaban J connectivity index is 2.00. The van der Waals surface area contributed by atoms with Crippen molar-refractivity contribution < 1.29 is 15.0 Å². The predicted molar refractivity (Wildman–Crippen MR) is 66.8 cm³/mol. The molecule has 0 saturated heterocycles. The third kappa shape index (κ3) is 3.36. The van der Waals surface area contributed by atoms with Gasteiger partial charge in [-0.05, 0) is 12.1 Å². The molecule has 2 rings (SSSR count). The van der Waals surface area contributed by atoms with Crippen LogP contribution in [0.1, 0.15) is 10.4 Å². The fourth-order valence-electron chi connectivity index (χ4n) is 1.44. The monoisotopic (exact) mass is 262 g/mol. The Morgan fingerprint density at radius 2 is 2.32 bits per heavy atom. The van der Waals surface area contributed by atoms with Crippen LogP contribution in [0, 0.1) is 0 Å². The molecule has 0 spiro atoms. The van der Waals surface area contributed by atoms with Crippen LogP contribution in [-0.4, -0.2) is 49.9 Å². The van der Waals surface area contributed by atoms with Crippen LogP contribution in [0.5, 0.6) is 0 Å². The minimum Gasteiger partial charge on any atom is -0.394 e. The van der Waals surface area contributed by atoms with Crippen molar-refractivity contribution in [1.29, 1.82) is 0 Å². The number of rotatable bonds is 5. The van der Waals surface area contributed by atoms with Gasteiger partial charge >= 0.3 is 0 Å². The molecule has 1 atom stereocenters. The van der Waals surface area contributed by atoms with Gasteiger partial charge in [0.05, 0.1) is 18.3 Å². The van der Waals surface area contributed by atoms with Crippen LogP contribution < -0.4 is 5.32 Å². The second kappa shape index (κ2) is 6.07. The highest BCUT2D eigenvalue weighted by Crippen LogP contribution is 2.05. The van der Waals surface area contributed by atoms with E-state index in [-0.39, 0.29) is 12.5 Å². The molecule has 1 amide bonds. The normalized spacial score (nSPS) is 12.1. The molecule has 100 valence electrons. The molecule has 7 heteroatoms. The zero-order chi connectivity index (χ0) is 13.7. The Bertz CT molecular complexity index is 524. The van der Waals surface area contributed by atoms with Gasteiger partial charge in [0.25, 0.3) is 5.91 Å². The Labute approximate surface area is 109 Å². The van der Waals surface area contributed by atoms with Gasteiger partial charge in [0.15, 0.2) is 0 Å². The smallest absolute Gasteiger partial charge is 0.252 e. The molecular weight excluding hydrogens is 248 g/mol. The first kappa shape index (κ1) is 13.2. The van der Waals surface area contributed by atoms with Gasteiger partial charge in [-0.25, -0.2) is 9.97 Å². The largest absolute Gasteiger partial charge is 0.394 e. The van der Waals surface area contributed by atoms with Crippen molar-refractivity contribution in [3.8, 4) is 5.82 Å². The van der Waals surface area contributed by atoms with Gasteiger partial charge in [0.1, 0.15) is 12.1 Å². The summed E-state index contributed by atoms with van der Waals surface area (Å²) in [4.78, 5) is 19.7. The minimum atomic E-state index is -0.956. The Kier molecular flexibility index (Phi) is 4.22. The number of carbonyl (C=O) groups is 1. The van der Waals surface area contributed by atoms with Crippen molar-refractivity contribution in [2.45, 2.75) is 6.10 Å². The molecule has 2 aromatic heterocycles. The van der Waals surface area contributed by atoms with Crippen LogP contribution in [0.3, 0.4) is 0 Å². The highest BCUT2D eigenvalue weighted by atomic mass is 16.3.